The molecule has 0 unspecified atom stereocenters. The third-order valence-corrected chi connectivity index (χ3v) is 6.06. The molecule has 1 nitrogen and oxygen atoms in total. The molecule has 0 aliphatic carbocycles. The van der Waals surface area contributed by atoms with Crippen molar-refractivity contribution < 1.29 is 16.9 Å². The molecule has 30 heavy (non-hydrogen) atoms. The van der Waals surface area contributed by atoms with Crippen LogP contribution in [0.1, 0.15) is 115 Å². The lowest BCUT2D eigenvalue weighted by Gasteiger charge is -2.24. The van der Waals surface area contributed by atoms with Crippen LogP contribution in [0.3, 0.4) is 0 Å². The summed E-state index contributed by atoms with van der Waals surface area (Å²) in [4.78, 5) is 0. The van der Waals surface area contributed by atoms with E-state index < -0.39 is 0 Å². The minimum Gasteiger partial charge on any atom is -1.00 e. The summed E-state index contributed by atoms with van der Waals surface area (Å²) in [6, 6.07) is 10.6. The maximum atomic E-state index is 2.33. The average molecular weight is 436 g/mol. The summed E-state index contributed by atoms with van der Waals surface area (Å²) in [5, 5.41) is 0. The monoisotopic (exact) mass is 435 g/mol. The molecule has 0 saturated heterocycles. The Labute approximate surface area is 195 Å². The summed E-state index contributed by atoms with van der Waals surface area (Å²) in [6.45, 7) is 3.54. The first-order valence-corrected chi connectivity index (χ1v) is 12.7. The van der Waals surface area contributed by atoms with Gasteiger partial charge in [0.15, 0.2) is 0 Å². The number of hydrogen-bond donors (Lipinski definition) is 0. The predicted octanol–water partition coefficient (Wildman–Crippen LogP) is 6.00. The molecular weight excluding hydrogens is 386 g/mol. The van der Waals surface area contributed by atoms with Crippen LogP contribution >= 0.6 is 0 Å². The van der Waals surface area contributed by atoms with E-state index >= 15 is 0 Å². The molecule has 0 bridgehead atoms. The van der Waals surface area contributed by atoms with Gasteiger partial charge < -0.3 is 16.9 Å². The van der Waals surface area contributed by atoms with Gasteiger partial charge in [0.2, 0.25) is 0 Å². The molecule has 0 N–H and O–H groups in total. The molecule has 0 fully saturated rings. The van der Waals surface area contributed by atoms with Crippen LogP contribution in [0.4, 0.5) is 0 Å². The Hall–Kier alpha value is -0.790. The largest absolute Gasteiger partial charge is 1.00 e. The Balaban J connectivity index is 0.00000841. The van der Waals surface area contributed by atoms with Gasteiger partial charge >= 0.3 is 0 Å². The summed E-state index contributed by atoms with van der Waals surface area (Å²) in [5.74, 6) is 0. The van der Waals surface area contributed by atoms with E-state index in [1.165, 1.54) is 115 Å². The van der Waals surface area contributed by atoms with Gasteiger partial charge in [-0.1, -0.05) is 127 Å². The second kappa shape index (κ2) is 20.1. The van der Waals surface area contributed by atoms with Gasteiger partial charge in [0.25, 0.3) is 0 Å². The molecule has 0 atom stereocenters. The fourth-order valence-corrected chi connectivity index (χ4v) is 3.99. The van der Waals surface area contributed by atoms with Crippen molar-refractivity contribution in [3.05, 3.63) is 42.1 Å². The van der Waals surface area contributed by atoms with Crippen LogP contribution in [0.2, 0.25) is 0 Å². The van der Waals surface area contributed by atoms with Crippen LogP contribution < -0.4 is 12.4 Å². The lowest BCUT2D eigenvalue weighted by atomic mass is 10.0. The second-order valence-electron chi connectivity index (χ2n) is 9.53. The third-order valence-electron chi connectivity index (χ3n) is 6.06. The summed E-state index contributed by atoms with van der Waals surface area (Å²) < 4.78 is 0.980. The molecule has 0 spiro atoms. The second-order valence-corrected chi connectivity index (χ2v) is 9.53. The zero-order chi connectivity index (χ0) is 21.0. The van der Waals surface area contributed by atoms with Gasteiger partial charge in [0, 0.05) is 0 Å². The van der Waals surface area contributed by atoms with Gasteiger partial charge in [-0.05, 0) is 24.5 Å². The Morgan fingerprint density at radius 1 is 0.600 bits per heavy atom. The fourth-order valence-electron chi connectivity index (χ4n) is 3.99. The van der Waals surface area contributed by atoms with Gasteiger partial charge in [-0.15, -0.1) is 0 Å². The van der Waals surface area contributed by atoms with Crippen LogP contribution in [-0.2, 0) is 0 Å². The predicted molar refractivity (Wildman–Crippen MR) is 132 cm³/mol. The number of nitrogens with zero attached hydrogens (tertiary/aromatic N) is 1. The Morgan fingerprint density at radius 2 is 1.00 bits per heavy atom. The van der Waals surface area contributed by atoms with E-state index in [2.05, 4.69) is 63.6 Å². The number of halogens is 1. The lowest BCUT2D eigenvalue weighted by Crippen LogP contribution is -3.00. The van der Waals surface area contributed by atoms with E-state index in [0.29, 0.717) is 0 Å². The molecule has 0 heterocycles. The van der Waals surface area contributed by atoms with E-state index in [-0.39, 0.29) is 12.4 Å². The summed E-state index contributed by atoms with van der Waals surface area (Å²) in [6.07, 6.45) is 27.6. The Morgan fingerprint density at radius 3 is 1.43 bits per heavy atom. The van der Waals surface area contributed by atoms with Gasteiger partial charge in [0.05, 0.1) is 26.8 Å². The molecule has 0 saturated carbocycles. The van der Waals surface area contributed by atoms with Crippen LogP contribution in [-0.4, -0.2) is 25.1 Å². The smallest absolute Gasteiger partial charge is 0.0960 e. The van der Waals surface area contributed by atoms with Crippen LogP contribution in [0.25, 0.3) is 6.08 Å². The van der Waals surface area contributed by atoms with Crippen molar-refractivity contribution in [3.63, 3.8) is 0 Å². The van der Waals surface area contributed by atoms with Crippen molar-refractivity contribution in [2.45, 2.75) is 110 Å². The van der Waals surface area contributed by atoms with Crippen molar-refractivity contribution in [3.8, 4) is 0 Å². The molecule has 0 aromatic heterocycles. The number of rotatable bonds is 19. The van der Waals surface area contributed by atoms with Gasteiger partial charge in [-0.25, -0.2) is 0 Å². The van der Waals surface area contributed by atoms with E-state index in [4.69, 9.17) is 0 Å². The maximum Gasteiger partial charge on any atom is 0.0960 e. The molecule has 174 valence electrons. The molecule has 0 aliphatic rings. The van der Waals surface area contributed by atoms with E-state index in [1.54, 1.807) is 0 Å². The zero-order valence-electron chi connectivity index (χ0n) is 20.4. The van der Waals surface area contributed by atoms with Crippen LogP contribution in [0, 0.1) is 0 Å². The van der Waals surface area contributed by atoms with E-state index in [0.717, 1.165) is 4.48 Å². The fraction of sp³-hybridized carbons (Fsp3) is 0.714. The standard InChI is InChI=1S/C28H50N.ClH/c1-4-5-6-7-8-9-10-11-12-13-14-15-16-17-18-22-26-29(2,3)27-25-28-23-20-19-21-24-28;/h19-21,23-25,27H,4-18,22,26H2,1-3H3;1H/q+1;/p-1. The average Bonchev–Trinajstić information content (AvgIpc) is 2.73. The molecule has 1 aromatic carbocycles. The highest BCUT2D eigenvalue weighted by Gasteiger charge is 2.10. The first kappa shape index (κ1) is 29.2. The highest BCUT2D eigenvalue weighted by Crippen LogP contribution is 2.14. The number of unbranched alkanes of at least 4 members (excludes halogenated alkanes) is 15. The molecule has 1 aromatic rings. The first-order chi connectivity index (χ1) is 14.1. The topological polar surface area (TPSA) is 0 Å². The van der Waals surface area contributed by atoms with Crippen molar-refractivity contribution in [2.24, 2.45) is 0 Å². The highest BCUT2D eigenvalue weighted by atomic mass is 35.5. The Bertz CT molecular complexity index is 495. The first-order valence-electron chi connectivity index (χ1n) is 12.7. The summed E-state index contributed by atoms with van der Waals surface area (Å²) >= 11 is 0. The molecule has 2 heteroatoms. The van der Waals surface area contributed by atoms with Crippen LogP contribution in [0.15, 0.2) is 36.5 Å². The lowest BCUT2D eigenvalue weighted by molar-refractivity contribution is -0.838. The van der Waals surface area contributed by atoms with Crippen molar-refractivity contribution in [2.75, 3.05) is 20.6 Å². The van der Waals surface area contributed by atoms with Crippen LogP contribution in [0.5, 0.6) is 0 Å². The van der Waals surface area contributed by atoms with Gasteiger partial charge in [0.1, 0.15) is 0 Å². The Kier molecular flexibility index (Phi) is 19.6. The quantitative estimate of drug-likeness (QED) is 0.184. The minimum absolute atomic E-state index is 0. The molecule has 0 radical (unpaired) electrons. The molecule has 0 aliphatic heterocycles. The number of hydrogen-bond acceptors (Lipinski definition) is 0. The van der Waals surface area contributed by atoms with Gasteiger partial charge in [-0.3, -0.25) is 0 Å². The highest BCUT2D eigenvalue weighted by molar-refractivity contribution is 5.47. The molecule has 0 amide bonds. The summed E-state index contributed by atoms with van der Waals surface area (Å²) in [5.41, 5.74) is 1.30. The number of quaternary nitrogens is 1. The SMILES string of the molecule is CCCCCCCCCCCCCCCCCC[N+](C)(C)C=Cc1ccccc1.[Cl-]. The van der Waals surface area contributed by atoms with Crippen molar-refractivity contribution in [1.29, 1.82) is 0 Å². The summed E-state index contributed by atoms with van der Waals surface area (Å²) in [7, 11) is 4.62. The van der Waals surface area contributed by atoms with Crippen molar-refractivity contribution in [1.82, 2.24) is 0 Å². The molecular formula is C28H50ClN. The van der Waals surface area contributed by atoms with E-state index in [1.807, 2.05) is 0 Å². The number of benzene rings is 1. The zero-order valence-corrected chi connectivity index (χ0v) is 21.1. The van der Waals surface area contributed by atoms with Gasteiger partial charge in [-0.2, -0.15) is 0 Å². The molecule has 1 rings (SSSR count). The third kappa shape index (κ3) is 18.0. The maximum absolute atomic E-state index is 2.33. The normalized spacial score (nSPS) is 11.7. The van der Waals surface area contributed by atoms with Crippen molar-refractivity contribution >= 4 is 6.08 Å². The van der Waals surface area contributed by atoms with E-state index in [9.17, 15) is 0 Å². The minimum atomic E-state index is 0.